The van der Waals surface area contributed by atoms with Crippen LogP contribution < -0.4 is 10.1 Å². The van der Waals surface area contributed by atoms with Gasteiger partial charge < -0.3 is 14.5 Å². The molecule has 9 nitrogen and oxygen atoms in total. The number of nitro benzene ring substituents is 1. The zero-order valence-corrected chi connectivity index (χ0v) is 20.5. The van der Waals surface area contributed by atoms with E-state index in [0.29, 0.717) is 17.1 Å². The molecule has 2 aromatic heterocycles. The van der Waals surface area contributed by atoms with Crippen LogP contribution in [0.3, 0.4) is 0 Å². The second-order valence-electron chi connectivity index (χ2n) is 8.59. The van der Waals surface area contributed by atoms with E-state index in [1.165, 1.54) is 12.1 Å². The van der Waals surface area contributed by atoms with Gasteiger partial charge in [-0.25, -0.2) is 4.68 Å². The lowest BCUT2D eigenvalue weighted by Crippen LogP contribution is -2.22. The monoisotopic (exact) mass is 508 g/mol. The molecule has 0 unspecified atom stereocenters. The number of benzene rings is 3. The third kappa shape index (κ3) is 5.46. The van der Waals surface area contributed by atoms with Gasteiger partial charge in [-0.2, -0.15) is 5.10 Å². The number of furan rings is 1. The Morgan fingerprint density at radius 2 is 1.76 bits per heavy atom. The van der Waals surface area contributed by atoms with E-state index in [0.717, 1.165) is 22.5 Å². The number of rotatable bonds is 9. The summed E-state index contributed by atoms with van der Waals surface area (Å²) in [5.41, 5.74) is 4.03. The fourth-order valence-corrected chi connectivity index (χ4v) is 4.01. The van der Waals surface area contributed by atoms with Crippen molar-refractivity contribution < 1.29 is 18.9 Å². The molecule has 1 amide bonds. The molecule has 0 spiro atoms. The van der Waals surface area contributed by atoms with Crippen molar-refractivity contribution in [3.8, 4) is 22.7 Å². The van der Waals surface area contributed by atoms with Gasteiger partial charge in [0.2, 0.25) is 0 Å². The van der Waals surface area contributed by atoms with Crippen molar-refractivity contribution in [2.75, 3.05) is 0 Å². The number of hydrogen-bond acceptors (Lipinski definition) is 6. The van der Waals surface area contributed by atoms with E-state index < -0.39 is 4.92 Å². The zero-order valence-electron chi connectivity index (χ0n) is 20.5. The van der Waals surface area contributed by atoms with Crippen LogP contribution in [-0.2, 0) is 13.2 Å². The Morgan fingerprint density at radius 1 is 1.03 bits per heavy atom. The lowest BCUT2D eigenvalue weighted by molar-refractivity contribution is -0.385. The molecular weight excluding hydrogens is 484 g/mol. The summed E-state index contributed by atoms with van der Waals surface area (Å²) in [6.07, 6.45) is 1.91. The molecular formula is C29H24N4O5. The number of aromatic nitrogens is 2. The topological polar surface area (TPSA) is 112 Å². The first-order valence-corrected chi connectivity index (χ1v) is 11.9. The average molecular weight is 509 g/mol. The molecule has 190 valence electrons. The number of para-hydroxylation sites is 1. The molecule has 0 radical (unpaired) electrons. The molecule has 0 saturated heterocycles. The van der Waals surface area contributed by atoms with Crippen LogP contribution in [0.5, 0.6) is 5.75 Å². The first kappa shape index (κ1) is 24.5. The summed E-state index contributed by atoms with van der Waals surface area (Å²) in [4.78, 5) is 23.4. The van der Waals surface area contributed by atoms with Crippen molar-refractivity contribution in [1.29, 1.82) is 0 Å². The molecule has 3 aromatic carbocycles. The summed E-state index contributed by atoms with van der Waals surface area (Å²) >= 11 is 0. The minimum Gasteiger partial charge on any atom is -0.486 e. The van der Waals surface area contributed by atoms with E-state index in [9.17, 15) is 14.9 Å². The van der Waals surface area contributed by atoms with Crippen LogP contribution in [0.4, 0.5) is 5.69 Å². The standard InChI is InChI=1S/C29H24N4O5/c1-20-16-24(12-14-26(20)33(35)36)37-19-25-13-15-27(38-25)29(34)30-17-22-18-32(23-10-6-3-7-11-23)31-28(22)21-8-4-2-5-9-21/h2-16,18H,17,19H2,1H3,(H,30,34). The minimum absolute atomic E-state index is 0.0269. The van der Waals surface area contributed by atoms with Crippen molar-refractivity contribution in [3.63, 3.8) is 0 Å². The molecule has 0 fully saturated rings. The van der Waals surface area contributed by atoms with Gasteiger partial charge in [0.1, 0.15) is 18.1 Å². The maximum absolute atomic E-state index is 12.8. The first-order chi connectivity index (χ1) is 18.5. The molecule has 38 heavy (non-hydrogen) atoms. The zero-order chi connectivity index (χ0) is 26.5. The van der Waals surface area contributed by atoms with E-state index in [1.807, 2.05) is 66.9 Å². The van der Waals surface area contributed by atoms with Crippen LogP contribution in [-0.4, -0.2) is 20.6 Å². The summed E-state index contributed by atoms with van der Waals surface area (Å²) in [7, 11) is 0. The number of ether oxygens (including phenoxy) is 1. The smallest absolute Gasteiger partial charge is 0.287 e. The Bertz CT molecular complexity index is 1580. The second-order valence-corrected chi connectivity index (χ2v) is 8.59. The number of nitrogens with one attached hydrogen (secondary N) is 1. The highest BCUT2D eigenvalue weighted by molar-refractivity contribution is 5.91. The van der Waals surface area contributed by atoms with Gasteiger partial charge in [0.25, 0.3) is 11.6 Å². The predicted octanol–water partition coefficient (Wildman–Crippen LogP) is 5.86. The maximum Gasteiger partial charge on any atom is 0.287 e. The van der Waals surface area contributed by atoms with Crippen molar-refractivity contribution in [2.24, 2.45) is 0 Å². The van der Waals surface area contributed by atoms with Gasteiger partial charge in [0.15, 0.2) is 5.76 Å². The number of aryl methyl sites for hydroxylation is 1. The predicted molar refractivity (Wildman–Crippen MR) is 141 cm³/mol. The molecule has 0 saturated carbocycles. The van der Waals surface area contributed by atoms with Crippen molar-refractivity contribution in [1.82, 2.24) is 15.1 Å². The van der Waals surface area contributed by atoms with Crippen molar-refractivity contribution in [3.05, 3.63) is 130 Å². The van der Waals surface area contributed by atoms with Crippen LogP contribution in [0.25, 0.3) is 16.9 Å². The SMILES string of the molecule is Cc1cc(OCc2ccc(C(=O)NCc3cn(-c4ccccc4)nc3-c3ccccc3)o2)ccc1[N+](=O)[O-]. The van der Waals surface area contributed by atoms with Gasteiger partial charge in [-0.3, -0.25) is 14.9 Å². The quantitative estimate of drug-likeness (QED) is 0.197. The van der Waals surface area contributed by atoms with Gasteiger partial charge >= 0.3 is 0 Å². The fraction of sp³-hybridized carbons (Fsp3) is 0.103. The molecule has 9 heteroatoms. The van der Waals surface area contributed by atoms with Crippen molar-refractivity contribution in [2.45, 2.75) is 20.1 Å². The lowest BCUT2D eigenvalue weighted by Gasteiger charge is -2.06. The third-order valence-corrected chi connectivity index (χ3v) is 5.93. The Morgan fingerprint density at radius 3 is 2.47 bits per heavy atom. The number of nitro groups is 1. The molecule has 5 aromatic rings. The summed E-state index contributed by atoms with van der Waals surface area (Å²) in [5, 5.41) is 18.7. The lowest BCUT2D eigenvalue weighted by atomic mass is 10.1. The summed E-state index contributed by atoms with van der Waals surface area (Å²) < 4.78 is 13.1. The highest BCUT2D eigenvalue weighted by atomic mass is 16.6. The molecule has 0 atom stereocenters. The maximum atomic E-state index is 12.8. The fourth-order valence-electron chi connectivity index (χ4n) is 4.01. The number of hydrogen-bond donors (Lipinski definition) is 1. The van der Waals surface area contributed by atoms with E-state index in [-0.39, 0.29) is 30.5 Å². The van der Waals surface area contributed by atoms with Gasteiger partial charge in [-0.15, -0.1) is 0 Å². The van der Waals surface area contributed by atoms with E-state index >= 15 is 0 Å². The number of amides is 1. The molecule has 2 heterocycles. The van der Waals surface area contributed by atoms with E-state index in [4.69, 9.17) is 14.3 Å². The second kappa shape index (κ2) is 10.8. The van der Waals surface area contributed by atoms with Gasteiger partial charge in [0, 0.05) is 35.5 Å². The van der Waals surface area contributed by atoms with Crippen molar-refractivity contribution >= 4 is 11.6 Å². The van der Waals surface area contributed by atoms with Gasteiger partial charge in [-0.05, 0) is 43.3 Å². The summed E-state index contributed by atoms with van der Waals surface area (Å²) in [6.45, 7) is 1.98. The van der Waals surface area contributed by atoms with Crippen LogP contribution in [0.2, 0.25) is 0 Å². The molecule has 0 aliphatic heterocycles. The van der Waals surface area contributed by atoms with Crippen LogP contribution >= 0.6 is 0 Å². The molecule has 0 aliphatic rings. The third-order valence-electron chi connectivity index (χ3n) is 5.93. The van der Waals surface area contributed by atoms with E-state index in [2.05, 4.69) is 5.32 Å². The highest BCUT2D eigenvalue weighted by Crippen LogP contribution is 2.25. The number of carbonyl (C=O) groups is 1. The summed E-state index contributed by atoms with van der Waals surface area (Å²) in [6, 6.07) is 27.3. The summed E-state index contributed by atoms with van der Waals surface area (Å²) in [5.74, 6) is 0.710. The molecule has 0 aliphatic carbocycles. The van der Waals surface area contributed by atoms with Gasteiger partial charge in [-0.1, -0.05) is 48.5 Å². The number of nitrogens with zero attached hydrogens (tertiary/aromatic N) is 3. The Hall–Kier alpha value is -5.18. The van der Waals surface area contributed by atoms with Gasteiger partial charge in [0.05, 0.1) is 16.3 Å². The van der Waals surface area contributed by atoms with E-state index in [1.54, 1.807) is 29.8 Å². The normalized spacial score (nSPS) is 10.8. The Balaban J connectivity index is 1.26. The molecule has 5 rings (SSSR count). The highest BCUT2D eigenvalue weighted by Gasteiger charge is 2.16. The molecule has 0 bridgehead atoms. The largest absolute Gasteiger partial charge is 0.486 e. The minimum atomic E-state index is -0.438. The van der Waals surface area contributed by atoms with Crippen LogP contribution in [0.15, 0.2) is 102 Å². The van der Waals surface area contributed by atoms with Crippen LogP contribution in [0, 0.1) is 17.0 Å². The number of carbonyl (C=O) groups excluding carboxylic acids is 1. The Labute approximate surface area is 218 Å². The first-order valence-electron chi connectivity index (χ1n) is 11.9. The average Bonchev–Trinajstić information content (AvgIpc) is 3.59. The Kier molecular flexibility index (Phi) is 6.99. The van der Waals surface area contributed by atoms with Crippen LogP contribution in [0.1, 0.15) is 27.4 Å². The molecule has 1 N–H and O–H groups in total.